The average Bonchev–Trinajstić information content (AvgIpc) is 2.66. The molecular formula is C22H26BrFN2O2S. The first-order valence-corrected chi connectivity index (χ1v) is 11.4. The number of hydrogen-bond acceptors (Lipinski definition) is 3. The fourth-order valence-electron chi connectivity index (χ4n) is 2.77. The number of hydrogen-bond donors (Lipinski definition) is 1. The van der Waals surface area contributed by atoms with E-state index < -0.39 is 6.04 Å². The Morgan fingerprint density at radius 2 is 1.86 bits per heavy atom. The standard InChI is InChI=1S/C22H26BrFN2O2S/c1-15(2)25-22(28)16(3)26(12-17-7-6-9-19(23)11-17)21(27)14-29-13-18-8-4-5-10-20(18)24/h4-11,15-16H,12-14H2,1-3H3,(H,25,28)/t16-/m0/s1. The Hall–Kier alpha value is -1.86. The van der Waals surface area contributed by atoms with Gasteiger partial charge in [-0.2, -0.15) is 0 Å². The van der Waals surface area contributed by atoms with E-state index in [1.807, 2.05) is 38.1 Å². The van der Waals surface area contributed by atoms with Crippen LogP contribution >= 0.6 is 27.7 Å². The maximum atomic E-state index is 13.8. The second kappa shape index (κ2) is 11.4. The van der Waals surface area contributed by atoms with Crippen LogP contribution in [0.3, 0.4) is 0 Å². The van der Waals surface area contributed by atoms with Crippen LogP contribution in [0.4, 0.5) is 4.39 Å². The zero-order valence-electron chi connectivity index (χ0n) is 16.8. The highest BCUT2D eigenvalue weighted by atomic mass is 79.9. The highest BCUT2D eigenvalue weighted by Gasteiger charge is 2.26. The molecule has 0 heterocycles. The van der Waals surface area contributed by atoms with Crippen molar-refractivity contribution in [3.63, 3.8) is 0 Å². The molecule has 1 N–H and O–H groups in total. The molecule has 0 aliphatic rings. The summed E-state index contributed by atoms with van der Waals surface area (Å²) in [7, 11) is 0. The number of carbonyl (C=O) groups is 2. The van der Waals surface area contributed by atoms with Crippen LogP contribution in [0.1, 0.15) is 31.9 Å². The van der Waals surface area contributed by atoms with Crippen LogP contribution in [-0.2, 0) is 21.9 Å². The molecule has 0 aliphatic carbocycles. The summed E-state index contributed by atoms with van der Waals surface area (Å²) < 4.78 is 14.7. The summed E-state index contributed by atoms with van der Waals surface area (Å²) in [5, 5.41) is 2.87. The molecule has 2 aromatic rings. The SMILES string of the molecule is CC(C)NC(=O)[C@H](C)N(Cc1cccc(Br)c1)C(=O)CSCc1ccccc1F. The first-order chi connectivity index (χ1) is 13.8. The van der Waals surface area contributed by atoms with Gasteiger partial charge in [-0.1, -0.05) is 46.3 Å². The van der Waals surface area contributed by atoms with Crippen molar-refractivity contribution < 1.29 is 14.0 Å². The van der Waals surface area contributed by atoms with E-state index in [2.05, 4.69) is 21.2 Å². The number of nitrogens with zero attached hydrogens (tertiary/aromatic N) is 1. The Morgan fingerprint density at radius 1 is 1.14 bits per heavy atom. The monoisotopic (exact) mass is 480 g/mol. The average molecular weight is 481 g/mol. The summed E-state index contributed by atoms with van der Waals surface area (Å²) in [4.78, 5) is 27.1. The molecule has 29 heavy (non-hydrogen) atoms. The van der Waals surface area contributed by atoms with Crippen LogP contribution < -0.4 is 5.32 Å². The third-order valence-corrected chi connectivity index (χ3v) is 5.74. The molecule has 2 aromatic carbocycles. The summed E-state index contributed by atoms with van der Waals surface area (Å²) in [5.74, 6) is -0.0551. The Kier molecular flexibility index (Phi) is 9.17. The Morgan fingerprint density at radius 3 is 2.52 bits per heavy atom. The third kappa shape index (κ3) is 7.48. The van der Waals surface area contributed by atoms with Gasteiger partial charge >= 0.3 is 0 Å². The van der Waals surface area contributed by atoms with E-state index >= 15 is 0 Å². The smallest absolute Gasteiger partial charge is 0.242 e. The molecule has 0 saturated heterocycles. The molecule has 0 fully saturated rings. The highest BCUT2D eigenvalue weighted by Crippen LogP contribution is 2.19. The number of benzene rings is 2. The topological polar surface area (TPSA) is 49.4 Å². The number of amides is 2. The molecule has 0 bridgehead atoms. The van der Waals surface area contributed by atoms with Crippen molar-refractivity contribution in [2.75, 3.05) is 5.75 Å². The lowest BCUT2D eigenvalue weighted by Crippen LogP contribution is -2.49. The molecule has 156 valence electrons. The van der Waals surface area contributed by atoms with Gasteiger partial charge in [-0.25, -0.2) is 4.39 Å². The molecule has 0 radical (unpaired) electrons. The molecule has 2 amide bonds. The fourth-order valence-corrected chi connectivity index (χ4v) is 4.11. The van der Waals surface area contributed by atoms with E-state index in [4.69, 9.17) is 0 Å². The normalized spacial score (nSPS) is 11.9. The summed E-state index contributed by atoms with van der Waals surface area (Å²) in [5.41, 5.74) is 1.49. The van der Waals surface area contributed by atoms with E-state index in [-0.39, 0.29) is 29.4 Å². The van der Waals surface area contributed by atoms with Gasteiger partial charge in [0.05, 0.1) is 5.75 Å². The summed E-state index contributed by atoms with van der Waals surface area (Å²) in [6.07, 6.45) is 0. The lowest BCUT2D eigenvalue weighted by Gasteiger charge is -2.29. The van der Waals surface area contributed by atoms with Gasteiger partial charge in [-0.05, 0) is 50.1 Å². The van der Waals surface area contributed by atoms with Crippen molar-refractivity contribution in [1.82, 2.24) is 10.2 Å². The van der Waals surface area contributed by atoms with Gasteiger partial charge in [0.25, 0.3) is 0 Å². The summed E-state index contributed by atoms with van der Waals surface area (Å²) in [6.45, 7) is 5.82. The van der Waals surface area contributed by atoms with E-state index in [1.54, 1.807) is 30.0 Å². The van der Waals surface area contributed by atoms with E-state index in [0.717, 1.165) is 10.0 Å². The second-order valence-corrected chi connectivity index (χ2v) is 8.98. The quantitative estimate of drug-likeness (QED) is 0.562. The number of halogens is 2. The van der Waals surface area contributed by atoms with Crippen molar-refractivity contribution in [1.29, 1.82) is 0 Å². The summed E-state index contributed by atoms with van der Waals surface area (Å²) >= 11 is 4.78. The largest absolute Gasteiger partial charge is 0.352 e. The number of thioether (sulfide) groups is 1. The van der Waals surface area contributed by atoms with E-state index in [9.17, 15) is 14.0 Å². The zero-order chi connectivity index (χ0) is 21.4. The van der Waals surface area contributed by atoms with Crippen molar-refractivity contribution in [2.24, 2.45) is 0 Å². The van der Waals surface area contributed by atoms with Gasteiger partial charge < -0.3 is 10.2 Å². The molecule has 0 spiro atoms. The lowest BCUT2D eigenvalue weighted by atomic mass is 10.1. The maximum absolute atomic E-state index is 13.8. The predicted octanol–water partition coefficient (Wildman–Crippen LogP) is 4.76. The van der Waals surface area contributed by atoms with Gasteiger partial charge in [0.2, 0.25) is 11.8 Å². The van der Waals surface area contributed by atoms with Crippen LogP contribution in [-0.4, -0.2) is 34.6 Å². The minimum absolute atomic E-state index is 0.0109. The molecule has 4 nitrogen and oxygen atoms in total. The first-order valence-electron chi connectivity index (χ1n) is 9.43. The second-order valence-electron chi connectivity index (χ2n) is 7.08. The van der Waals surface area contributed by atoms with Crippen molar-refractivity contribution in [3.8, 4) is 0 Å². The zero-order valence-corrected chi connectivity index (χ0v) is 19.2. The fraction of sp³-hybridized carbons (Fsp3) is 0.364. The maximum Gasteiger partial charge on any atom is 0.242 e. The van der Waals surface area contributed by atoms with Gasteiger partial charge in [0.1, 0.15) is 11.9 Å². The van der Waals surface area contributed by atoms with Crippen LogP contribution in [0.5, 0.6) is 0 Å². The number of nitrogens with one attached hydrogen (secondary N) is 1. The van der Waals surface area contributed by atoms with Crippen LogP contribution in [0.15, 0.2) is 53.0 Å². The Balaban J connectivity index is 2.09. The molecule has 2 rings (SSSR count). The molecule has 0 aliphatic heterocycles. The predicted molar refractivity (Wildman–Crippen MR) is 120 cm³/mol. The first kappa shape index (κ1) is 23.4. The van der Waals surface area contributed by atoms with Crippen molar-refractivity contribution >= 4 is 39.5 Å². The van der Waals surface area contributed by atoms with Gasteiger partial charge in [-0.3, -0.25) is 9.59 Å². The number of rotatable bonds is 9. The molecule has 0 saturated carbocycles. The molecular weight excluding hydrogens is 455 g/mol. The van der Waals surface area contributed by atoms with Crippen LogP contribution in [0, 0.1) is 5.82 Å². The minimum Gasteiger partial charge on any atom is -0.352 e. The molecule has 7 heteroatoms. The van der Waals surface area contributed by atoms with Crippen molar-refractivity contribution in [2.45, 2.75) is 45.2 Å². The summed E-state index contributed by atoms with van der Waals surface area (Å²) in [6, 6.07) is 13.6. The van der Waals surface area contributed by atoms with Gasteiger partial charge in [0.15, 0.2) is 0 Å². The van der Waals surface area contributed by atoms with E-state index in [0.29, 0.717) is 17.9 Å². The van der Waals surface area contributed by atoms with Crippen LogP contribution in [0.25, 0.3) is 0 Å². The lowest BCUT2D eigenvalue weighted by molar-refractivity contribution is -0.138. The Bertz CT molecular complexity index is 847. The number of carbonyl (C=O) groups excluding carboxylic acids is 2. The molecule has 1 atom stereocenters. The van der Waals surface area contributed by atoms with Crippen molar-refractivity contribution in [3.05, 3.63) is 69.9 Å². The van der Waals surface area contributed by atoms with Gasteiger partial charge in [0, 0.05) is 22.8 Å². The Labute approximate surface area is 184 Å². The van der Waals surface area contributed by atoms with E-state index in [1.165, 1.54) is 17.8 Å². The minimum atomic E-state index is -0.613. The van der Waals surface area contributed by atoms with Crippen LogP contribution in [0.2, 0.25) is 0 Å². The molecule has 0 aromatic heterocycles. The molecule has 0 unspecified atom stereocenters. The third-order valence-electron chi connectivity index (χ3n) is 4.28. The highest BCUT2D eigenvalue weighted by molar-refractivity contribution is 9.10. The van der Waals surface area contributed by atoms with Gasteiger partial charge in [-0.15, -0.1) is 11.8 Å².